The highest BCUT2D eigenvalue weighted by atomic mass is 16.4. The molecule has 0 unspecified atom stereocenters. The van der Waals surface area contributed by atoms with E-state index in [1.165, 1.54) is 0 Å². The lowest BCUT2D eigenvalue weighted by Gasteiger charge is -2.51. The topological polar surface area (TPSA) is 95.6 Å². The lowest BCUT2D eigenvalue weighted by Crippen LogP contribution is -2.54. The fraction of sp³-hybridized carbons (Fsp3) is 0.706. The van der Waals surface area contributed by atoms with Gasteiger partial charge in [0.25, 0.3) is 0 Å². The van der Waals surface area contributed by atoms with Crippen LogP contribution in [0.5, 0.6) is 0 Å². The second-order valence-corrected chi connectivity index (χ2v) is 7.67. The molecule has 4 rings (SSSR count). The van der Waals surface area contributed by atoms with Gasteiger partial charge in [-0.1, -0.05) is 0 Å². The zero-order chi connectivity index (χ0) is 16.7. The number of piperidine rings is 1. The van der Waals surface area contributed by atoms with E-state index in [2.05, 4.69) is 14.9 Å². The van der Waals surface area contributed by atoms with E-state index in [4.69, 9.17) is 10.8 Å². The van der Waals surface area contributed by atoms with Gasteiger partial charge in [-0.05, 0) is 56.7 Å². The van der Waals surface area contributed by atoms with Crippen LogP contribution in [0.3, 0.4) is 0 Å². The molecule has 7 nitrogen and oxygen atoms in total. The Labute approximate surface area is 141 Å². The first-order valence-corrected chi connectivity index (χ1v) is 8.85. The summed E-state index contributed by atoms with van der Waals surface area (Å²) < 4.78 is 0. The highest BCUT2D eigenvalue weighted by Gasteiger charge is 2.51. The summed E-state index contributed by atoms with van der Waals surface area (Å²) in [6.45, 7) is 3.63. The summed E-state index contributed by atoms with van der Waals surface area (Å²) in [6, 6.07) is 2.61. The number of aromatic nitrogens is 2. The monoisotopic (exact) mass is 331 g/mol. The highest BCUT2D eigenvalue weighted by molar-refractivity contribution is 5.65. The second-order valence-electron chi connectivity index (χ2n) is 7.67. The molecule has 0 aromatic carbocycles. The average molecular weight is 331 g/mol. The third-order valence-corrected chi connectivity index (χ3v) is 6.21. The number of nitrogens with zero attached hydrogens (tertiary/aromatic N) is 4. The first-order chi connectivity index (χ1) is 11.5. The van der Waals surface area contributed by atoms with Crippen LogP contribution in [-0.4, -0.2) is 63.2 Å². The van der Waals surface area contributed by atoms with Crippen molar-refractivity contribution in [1.29, 1.82) is 0 Å². The van der Waals surface area contributed by atoms with Gasteiger partial charge in [-0.25, -0.2) is 14.8 Å². The number of anilines is 1. The molecule has 0 radical (unpaired) electrons. The van der Waals surface area contributed by atoms with Crippen LogP contribution in [0, 0.1) is 5.41 Å². The summed E-state index contributed by atoms with van der Waals surface area (Å²) in [5.41, 5.74) is 7.03. The SMILES string of the molecule is Nc1nccc(C2CCN(C3CC4(CCN(C(=O)O)C4)C3)CC2)n1. The summed E-state index contributed by atoms with van der Waals surface area (Å²) >= 11 is 0. The number of nitrogen functional groups attached to an aromatic ring is 1. The van der Waals surface area contributed by atoms with E-state index < -0.39 is 6.09 Å². The van der Waals surface area contributed by atoms with Crippen molar-refractivity contribution in [2.75, 3.05) is 31.9 Å². The maximum absolute atomic E-state index is 11.1. The Bertz CT molecular complexity index is 623. The van der Waals surface area contributed by atoms with Crippen LogP contribution < -0.4 is 5.73 Å². The molecule has 1 spiro atoms. The molecule has 0 atom stereocenters. The van der Waals surface area contributed by atoms with Gasteiger partial charge in [-0.2, -0.15) is 0 Å². The van der Waals surface area contributed by atoms with Crippen LogP contribution >= 0.6 is 0 Å². The van der Waals surface area contributed by atoms with Gasteiger partial charge in [0.2, 0.25) is 5.95 Å². The molecular weight excluding hydrogens is 306 g/mol. The molecular formula is C17H25N5O2. The minimum absolute atomic E-state index is 0.265. The van der Waals surface area contributed by atoms with E-state index >= 15 is 0 Å². The molecule has 24 heavy (non-hydrogen) atoms. The zero-order valence-electron chi connectivity index (χ0n) is 13.9. The third kappa shape index (κ3) is 2.81. The highest BCUT2D eigenvalue weighted by Crippen LogP contribution is 2.50. The summed E-state index contributed by atoms with van der Waals surface area (Å²) in [5.74, 6) is 0.842. The zero-order valence-corrected chi connectivity index (χ0v) is 13.9. The third-order valence-electron chi connectivity index (χ3n) is 6.21. The molecule has 130 valence electrons. The average Bonchev–Trinajstić information content (AvgIpc) is 3.00. The summed E-state index contributed by atoms with van der Waals surface area (Å²) in [4.78, 5) is 23.6. The van der Waals surface area contributed by atoms with Crippen LogP contribution in [0.4, 0.5) is 10.7 Å². The van der Waals surface area contributed by atoms with Gasteiger partial charge in [-0.3, -0.25) is 0 Å². The molecule has 1 aliphatic carbocycles. The molecule has 3 fully saturated rings. The van der Waals surface area contributed by atoms with Gasteiger partial charge in [0.15, 0.2) is 0 Å². The Morgan fingerprint density at radius 2 is 2.04 bits per heavy atom. The molecule has 7 heteroatoms. The van der Waals surface area contributed by atoms with E-state index in [-0.39, 0.29) is 5.41 Å². The van der Waals surface area contributed by atoms with Crippen molar-refractivity contribution in [1.82, 2.24) is 19.8 Å². The second kappa shape index (κ2) is 5.88. The number of hydrogen-bond acceptors (Lipinski definition) is 5. The normalized spacial score (nSPS) is 31.3. The quantitative estimate of drug-likeness (QED) is 0.857. The summed E-state index contributed by atoms with van der Waals surface area (Å²) in [5, 5.41) is 9.13. The Balaban J connectivity index is 1.28. The van der Waals surface area contributed by atoms with Crippen molar-refractivity contribution in [3.63, 3.8) is 0 Å². The van der Waals surface area contributed by atoms with E-state index in [1.54, 1.807) is 11.1 Å². The number of carbonyl (C=O) groups is 1. The fourth-order valence-corrected chi connectivity index (χ4v) is 4.81. The number of carboxylic acid groups (broad SMARTS) is 1. The first-order valence-electron chi connectivity index (χ1n) is 8.85. The number of nitrogens with two attached hydrogens (primary N) is 1. The van der Waals surface area contributed by atoms with Crippen molar-refractivity contribution in [2.24, 2.45) is 5.41 Å². The van der Waals surface area contributed by atoms with E-state index in [0.29, 0.717) is 24.5 Å². The molecule has 3 aliphatic rings. The summed E-state index contributed by atoms with van der Waals surface area (Å²) in [6.07, 6.45) is 6.55. The minimum atomic E-state index is -0.764. The van der Waals surface area contributed by atoms with Gasteiger partial charge < -0.3 is 20.6 Å². The van der Waals surface area contributed by atoms with Gasteiger partial charge >= 0.3 is 6.09 Å². The van der Waals surface area contributed by atoms with Gasteiger partial charge in [0.05, 0.1) is 0 Å². The largest absolute Gasteiger partial charge is 0.465 e. The molecule has 0 bridgehead atoms. The Morgan fingerprint density at radius 3 is 2.67 bits per heavy atom. The lowest BCUT2D eigenvalue weighted by molar-refractivity contribution is -0.00401. The molecule has 1 amide bonds. The van der Waals surface area contributed by atoms with Crippen LogP contribution in [0.15, 0.2) is 12.3 Å². The van der Waals surface area contributed by atoms with Gasteiger partial charge in [-0.15, -0.1) is 0 Å². The maximum Gasteiger partial charge on any atom is 0.407 e. The van der Waals surface area contributed by atoms with Crippen molar-refractivity contribution in [3.05, 3.63) is 18.0 Å². The van der Waals surface area contributed by atoms with E-state index in [1.807, 2.05) is 6.07 Å². The van der Waals surface area contributed by atoms with Crippen molar-refractivity contribution in [3.8, 4) is 0 Å². The molecule has 3 heterocycles. The summed E-state index contributed by atoms with van der Waals surface area (Å²) in [7, 11) is 0. The van der Waals surface area contributed by atoms with E-state index in [0.717, 1.165) is 57.4 Å². The predicted octanol–water partition coefficient (Wildman–Crippen LogP) is 1.77. The van der Waals surface area contributed by atoms with Crippen LogP contribution in [0.25, 0.3) is 0 Å². The van der Waals surface area contributed by atoms with Crippen molar-refractivity contribution < 1.29 is 9.90 Å². The molecule has 2 aliphatic heterocycles. The Kier molecular flexibility index (Phi) is 3.83. The number of rotatable bonds is 2. The smallest absolute Gasteiger partial charge is 0.407 e. The van der Waals surface area contributed by atoms with Crippen LogP contribution in [0.2, 0.25) is 0 Å². The predicted molar refractivity (Wildman–Crippen MR) is 89.7 cm³/mol. The Hall–Kier alpha value is -1.89. The molecule has 1 aromatic rings. The van der Waals surface area contributed by atoms with Gasteiger partial charge in [0, 0.05) is 36.9 Å². The van der Waals surface area contributed by atoms with Crippen LogP contribution in [-0.2, 0) is 0 Å². The number of likely N-dealkylation sites (tertiary alicyclic amines) is 2. The van der Waals surface area contributed by atoms with Crippen LogP contribution in [0.1, 0.15) is 43.7 Å². The lowest BCUT2D eigenvalue weighted by atomic mass is 9.64. The van der Waals surface area contributed by atoms with Crippen molar-refractivity contribution >= 4 is 12.0 Å². The van der Waals surface area contributed by atoms with E-state index in [9.17, 15) is 4.79 Å². The molecule has 3 N–H and O–H groups in total. The number of amides is 1. The van der Waals surface area contributed by atoms with Crippen molar-refractivity contribution in [2.45, 2.75) is 44.1 Å². The maximum atomic E-state index is 11.1. The molecule has 2 saturated heterocycles. The number of hydrogen-bond donors (Lipinski definition) is 2. The molecule has 1 aromatic heterocycles. The molecule has 1 saturated carbocycles. The minimum Gasteiger partial charge on any atom is -0.465 e. The standard InChI is InChI=1S/C17H25N5O2/c18-15-19-5-1-14(20-15)12-2-6-21(7-3-12)13-9-17(10-13)4-8-22(11-17)16(23)24/h1,5,12-13H,2-4,6-11H2,(H,23,24)(H2,18,19,20). The van der Waals surface area contributed by atoms with Gasteiger partial charge in [0.1, 0.15) is 0 Å². The first kappa shape index (κ1) is 15.6. The Morgan fingerprint density at radius 1 is 1.29 bits per heavy atom. The fourth-order valence-electron chi connectivity index (χ4n) is 4.81.